The van der Waals surface area contributed by atoms with E-state index in [0.717, 1.165) is 66.3 Å². The zero-order valence-corrected chi connectivity index (χ0v) is 19.9. The maximum atomic E-state index is 6.44. The molecule has 8 aromatic rings. The molecule has 37 heavy (non-hydrogen) atoms. The Bertz CT molecular complexity index is 2100. The van der Waals surface area contributed by atoms with Crippen LogP contribution >= 0.6 is 0 Å². The van der Waals surface area contributed by atoms with Crippen LogP contribution in [-0.2, 0) is 0 Å². The summed E-state index contributed by atoms with van der Waals surface area (Å²) in [7, 11) is 0. The van der Waals surface area contributed by atoms with Gasteiger partial charge >= 0.3 is 0 Å². The quantitative estimate of drug-likeness (QED) is 0.255. The summed E-state index contributed by atoms with van der Waals surface area (Å²) in [4.78, 5) is 2.27. The van der Waals surface area contributed by atoms with E-state index in [1.54, 1.807) is 0 Å². The number of para-hydroxylation sites is 3. The van der Waals surface area contributed by atoms with Crippen LogP contribution in [0.15, 0.2) is 136 Å². The molecule has 3 heteroatoms. The Balaban J connectivity index is 1.41. The smallest absolute Gasteiger partial charge is 0.159 e. The highest BCUT2D eigenvalue weighted by atomic mass is 16.3. The molecule has 6 aromatic carbocycles. The first kappa shape index (κ1) is 20.2. The van der Waals surface area contributed by atoms with Gasteiger partial charge in [-0.05, 0) is 53.9 Å². The molecule has 0 fully saturated rings. The van der Waals surface area contributed by atoms with Crippen molar-refractivity contribution >= 4 is 71.7 Å². The van der Waals surface area contributed by atoms with E-state index in [1.165, 1.54) is 5.39 Å². The van der Waals surface area contributed by atoms with E-state index in [2.05, 4.69) is 114 Å². The largest absolute Gasteiger partial charge is 0.455 e. The molecule has 0 saturated heterocycles. The SMILES string of the molecule is c1ccc(N(c2ccc3oc4c5ccccc5ccc4c3c2)c2cccc3c2oc2ccccc23)cc1. The third-order valence-electron chi connectivity index (χ3n) is 7.24. The first-order valence-electron chi connectivity index (χ1n) is 12.4. The van der Waals surface area contributed by atoms with Crippen molar-refractivity contribution in [3.05, 3.63) is 127 Å². The average Bonchev–Trinajstić information content (AvgIpc) is 3.53. The number of furan rings is 2. The normalized spacial score (nSPS) is 11.8. The molecule has 174 valence electrons. The second kappa shape index (κ2) is 7.74. The molecular formula is C34H21NO2. The Kier molecular flexibility index (Phi) is 4.23. The first-order chi connectivity index (χ1) is 18.3. The minimum atomic E-state index is 0.871. The van der Waals surface area contributed by atoms with Gasteiger partial charge in [0.2, 0.25) is 0 Å². The molecule has 0 bridgehead atoms. The van der Waals surface area contributed by atoms with Crippen LogP contribution in [0.3, 0.4) is 0 Å². The van der Waals surface area contributed by atoms with Crippen LogP contribution in [-0.4, -0.2) is 0 Å². The van der Waals surface area contributed by atoms with Crippen molar-refractivity contribution in [1.82, 2.24) is 0 Å². The molecular weight excluding hydrogens is 454 g/mol. The summed E-state index contributed by atoms with van der Waals surface area (Å²) in [5, 5.41) is 6.74. The van der Waals surface area contributed by atoms with Gasteiger partial charge in [0.1, 0.15) is 16.7 Å². The van der Waals surface area contributed by atoms with E-state index in [-0.39, 0.29) is 0 Å². The van der Waals surface area contributed by atoms with Crippen molar-refractivity contribution in [2.75, 3.05) is 4.90 Å². The molecule has 0 radical (unpaired) electrons. The molecule has 0 aliphatic heterocycles. The summed E-state index contributed by atoms with van der Waals surface area (Å²) in [6.45, 7) is 0. The predicted molar refractivity (Wildman–Crippen MR) is 153 cm³/mol. The summed E-state index contributed by atoms with van der Waals surface area (Å²) in [5.74, 6) is 0. The van der Waals surface area contributed by atoms with Crippen LogP contribution in [0.4, 0.5) is 17.1 Å². The monoisotopic (exact) mass is 475 g/mol. The minimum absolute atomic E-state index is 0.871. The molecule has 0 atom stereocenters. The van der Waals surface area contributed by atoms with Crippen molar-refractivity contribution in [3.8, 4) is 0 Å². The maximum Gasteiger partial charge on any atom is 0.159 e. The molecule has 0 N–H and O–H groups in total. The van der Waals surface area contributed by atoms with Crippen molar-refractivity contribution in [2.24, 2.45) is 0 Å². The van der Waals surface area contributed by atoms with Crippen LogP contribution < -0.4 is 4.90 Å². The topological polar surface area (TPSA) is 29.5 Å². The Morgan fingerprint density at radius 1 is 0.405 bits per heavy atom. The van der Waals surface area contributed by atoms with E-state index in [0.29, 0.717) is 0 Å². The van der Waals surface area contributed by atoms with Crippen molar-refractivity contribution in [3.63, 3.8) is 0 Å². The van der Waals surface area contributed by atoms with Gasteiger partial charge in [0.25, 0.3) is 0 Å². The fourth-order valence-electron chi connectivity index (χ4n) is 5.54. The number of anilines is 3. The van der Waals surface area contributed by atoms with Gasteiger partial charge in [-0.3, -0.25) is 0 Å². The molecule has 0 aliphatic rings. The van der Waals surface area contributed by atoms with Gasteiger partial charge in [0.05, 0.1) is 5.69 Å². The zero-order valence-electron chi connectivity index (χ0n) is 19.9. The van der Waals surface area contributed by atoms with Gasteiger partial charge in [-0.2, -0.15) is 0 Å². The summed E-state index contributed by atoms with van der Waals surface area (Å²) >= 11 is 0. The van der Waals surface area contributed by atoms with Crippen LogP contribution in [0.25, 0.3) is 54.6 Å². The predicted octanol–water partition coefficient (Wildman–Crippen LogP) is 10.1. The summed E-state index contributed by atoms with van der Waals surface area (Å²) < 4.78 is 12.8. The molecule has 0 saturated carbocycles. The summed E-state index contributed by atoms with van der Waals surface area (Å²) in [6, 6.07) is 44.2. The second-order valence-electron chi connectivity index (χ2n) is 9.37. The lowest BCUT2D eigenvalue weighted by molar-refractivity contribution is 0.669. The Morgan fingerprint density at radius 2 is 1.11 bits per heavy atom. The van der Waals surface area contributed by atoms with Crippen LogP contribution in [0.1, 0.15) is 0 Å². The number of hydrogen-bond acceptors (Lipinski definition) is 3. The number of rotatable bonds is 3. The third kappa shape index (κ3) is 3.01. The number of nitrogens with zero attached hydrogens (tertiary/aromatic N) is 1. The van der Waals surface area contributed by atoms with Gasteiger partial charge in [-0.1, -0.05) is 78.9 Å². The molecule has 0 unspecified atom stereocenters. The number of hydrogen-bond donors (Lipinski definition) is 0. The molecule has 0 aliphatic carbocycles. The molecule has 2 heterocycles. The van der Waals surface area contributed by atoms with Crippen LogP contribution in [0.5, 0.6) is 0 Å². The molecule has 3 nitrogen and oxygen atoms in total. The van der Waals surface area contributed by atoms with Gasteiger partial charge in [-0.15, -0.1) is 0 Å². The fraction of sp³-hybridized carbons (Fsp3) is 0. The summed E-state index contributed by atoms with van der Waals surface area (Å²) in [6.07, 6.45) is 0. The van der Waals surface area contributed by atoms with Crippen LogP contribution in [0.2, 0.25) is 0 Å². The molecule has 0 amide bonds. The number of benzene rings is 6. The van der Waals surface area contributed by atoms with Gasteiger partial charge in [0, 0.05) is 38.3 Å². The lowest BCUT2D eigenvalue weighted by atomic mass is 10.1. The molecule has 0 spiro atoms. The van der Waals surface area contributed by atoms with Crippen molar-refractivity contribution < 1.29 is 8.83 Å². The van der Waals surface area contributed by atoms with Crippen molar-refractivity contribution in [2.45, 2.75) is 0 Å². The zero-order chi connectivity index (χ0) is 24.3. The average molecular weight is 476 g/mol. The minimum Gasteiger partial charge on any atom is -0.455 e. The highest BCUT2D eigenvalue weighted by Gasteiger charge is 2.20. The van der Waals surface area contributed by atoms with E-state index >= 15 is 0 Å². The van der Waals surface area contributed by atoms with Gasteiger partial charge in [0.15, 0.2) is 5.58 Å². The van der Waals surface area contributed by atoms with Gasteiger partial charge < -0.3 is 13.7 Å². The highest BCUT2D eigenvalue weighted by Crippen LogP contribution is 2.43. The fourth-order valence-corrected chi connectivity index (χ4v) is 5.54. The highest BCUT2D eigenvalue weighted by molar-refractivity contribution is 6.16. The van der Waals surface area contributed by atoms with Crippen molar-refractivity contribution in [1.29, 1.82) is 0 Å². The van der Waals surface area contributed by atoms with E-state index < -0.39 is 0 Å². The number of fused-ring (bicyclic) bond motifs is 8. The second-order valence-corrected chi connectivity index (χ2v) is 9.37. The van der Waals surface area contributed by atoms with E-state index in [4.69, 9.17) is 8.83 Å². The third-order valence-corrected chi connectivity index (χ3v) is 7.24. The van der Waals surface area contributed by atoms with Crippen LogP contribution in [0, 0.1) is 0 Å². The molecule has 2 aromatic heterocycles. The molecule has 8 rings (SSSR count). The van der Waals surface area contributed by atoms with Gasteiger partial charge in [-0.25, -0.2) is 0 Å². The van der Waals surface area contributed by atoms with E-state index in [1.807, 2.05) is 18.2 Å². The lowest BCUT2D eigenvalue weighted by Crippen LogP contribution is -2.10. The Hall–Kier alpha value is -5.02. The maximum absolute atomic E-state index is 6.44. The Labute approximate surface area is 212 Å². The summed E-state index contributed by atoms with van der Waals surface area (Å²) in [5.41, 5.74) is 6.67. The van der Waals surface area contributed by atoms with E-state index in [9.17, 15) is 0 Å². The lowest BCUT2D eigenvalue weighted by Gasteiger charge is -2.25. The first-order valence-corrected chi connectivity index (χ1v) is 12.4. The Morgan fingerprint density at radius 3 is 2.03 bits per heavy atom. The standard InChI is InChI=1S/C34H21NO2/c1-2-10-23(11-3-1)35(30-15-8-14-27-26-13-6-7-16-31(26)37-34(27)30)24-18-20-32-29(21-24)28-19-17-22-9-4-5-12-25(22)33(28)36-32/h1-21H.